The summed E-state index contributed by atoms with van der Waals surface area (Å²) in [7, 11) is 0. The number of benzene rings is 1. The molecule has 3 unspecified atom stereocenters. The fourth-order valence-corrected chi connectivity index (χ4v) is 2.24. The molecule has 1 aromatic rings. The van der Waals surface area contributed by atoms with Crippen LogP contribution in [0.5, 0.6) is 0 Å². The molecule has 3 atom stereocenters. The van der Waals surface area contributed by atoms with Gasteiger partial charge in [0.1, 0.15) is 0 Å². The average molecular weight is 288 g/mol. The van der Waals surface area contributed by atoms with E-state index in [1.807, 2.05) is 36.4 Å². The maximum atomic E-state index is 11.8. The van der Waals surface area contributed by atoms with Crippen LogP contribution in [0.1, 0.15) is 24.8 Å². The summed E-state index contributed by atoms with van der Waals surface area (Å²) in [4.78, 5) is 11.8. The third kappa shape index (κ3) is 5.63. The Kier molecular flexibility index (Phi) is 5.87. The Bertz CT molecular complexity index is 507. The van der Waals surface area contributed by atoms with E-state index in [1.165, 1.54) is 6.08 Å². The molecule has 2 N–H and O–H groups in total. The van der Waals surface area contributed by atoms with Crippen molar-refractivity contribution in [2.24, 2.45) is 0 Å². The Balaban J connectivity index is 1.77. The topological polar surface area (TPSA) is 66.8 Å². The first-order valence-corrected chi connectivity index (χ1v) is 7.07. The van der Waals surface area contributed by atoms with Crippen LogP contribution in [0.25, 0.3) is 6.08 Å². The van der Waals surface area contributed by atoms with Crippen molar-refractivity contribution in [2.75, 3.05) is 0 Å². The van der Waals surface area contributed by atoms with E-state index >= 15 is 0 Å². The monoisotopic (exact) mass is 288 g/mol. The summed E-state index contributed by atoms with van der Waals surface area (Å²) in [6.45, 7) is 0. The van der Waals surface area contributed by atoms with E-state index in [1.54, 1.807) is 12.2 Å². The van der Waals surface area contributed by atoms with Gasteiger partial charge < -0.3 is 14.9 Å². The van der Waals surface area contributed by atoms with Crippen LogP contribution in [0.2, 0.25) is 0 Å². The Hall–Kier alpha value is -1.75. The molecule has 1 heterocycles. The maximum Gasteiger partial charge on any atom is 0.174 e. The van der Waals surface area contributed by atoms with Gasteiger partial charge in [0.25, 0.3) is 0 Å². The summed E-state index contributed by atoms with van der Waals surface area (Å²) >= 11 is 0. The fourth-order valence-electron chi connectivity index (χ4n) is 2.24. The smallest absolute Gasteiger partial charge is 0.174 e. The van der Waals surface area contributed by atoms with Crippen LogP contribution in [0.3, 0.4) is 0 Å². The lowest BCUT2D eigenvalue weighted by Gasteiger charge is -2.24. The first kappa shape index (κ1) is 15.6. The van der Waals surface area contributed by atoms with Crippen LogP contribution in [0, 0.1) is 0 Å². The molecule has 0 aliphatic carbocycles. The van der Waals surface area contributed by atoms with Gasteiger partial charge in [-0.15, -0.1) is 0 Å². The van der Waals surface area contributed by atoms with Crippen molar-refractivity contribution < 1.29 is 19.7 Å². The quantitative estimate of drug-likeness (QED) is 0.621. The molecule has 1 aromatic carbocycles. The molecule has 0 radical (unpaired) electrons. The largest absolute Gasteiger partial charge is 0.393 e. The standard InChI is InChI=1S/C17H20O4/c18-14(10-9-13-5-2-1-3-6-13)11-15(19)12-16-7-4-8-17(20)21-16/h1-6,8-10,15-17,19-20H,7,11-12H2. The Labute approximate surface area is 124 Å². The van der Waals surface area contributed by atoms with E-state index in [4.69, 9.17) is 4.74 Å². The highest BCUT2D eigenvalue weighted by molar-refractivity contribution is 5.93. The van der Waals surface area contributed by atoms with Gasteiger partial charge >= 0.3 is 0 Å². The second-order valence-corrected chi connectivity index (χ2v) is 5.12. The highest BCUT2D eigenvalue weighted by atomic mass is 16.6. The number of hydrogen-bond acceptors (Lipinski definition) is 4. The molecule has 21 heavy (non-hydrogen) atoms. The molecule has 0 saturated carbocycles. The zero-order valence-electron chi connectivity index (χ0n) is 11.8. The Morgan fingerprint density at radius 2 is 2.14 bits per heavy atom. The molecule has 1 aliphatic heterocycles. The van der Waals surface area contributed by atoms with Gasteiger partial charge in [-0.05, 0) is 24.1 Å². The second kappa shape index (κ2) is 7.88. The van der Waals surface area contributed by atoms with Crippen molar-refractivity contribution in [2.45, 2.75) is 37.8 Å². The van der Waals surface area contributed by atoms with Crippen LogP contribution >= 0.6 is 0 Å². The number of aliphatic hydroxyl groups is 2. The number of rotatable bonds is 6. The number of aliphatic hydroxyl groups excluding tert-OH is 2. The lowest BCUT2D eigenvalue weighted by Crippen LogP contribution is -2.28. The van der Waals surface area contributed by atoms with Crippen molar-refractivity contribution in [3.8, 4) is 0 Å². The van der Waals surface area contributed by atoms with Crippen molar-refractivity contribution >= 4 is 11.9 Å². The fraction of sp³-hybridized carbons (Fsp3) is 0.353. The van der Waals surface area contributed by atoms with Gasteiger partial charge in [0.2, 0.25) is 0 Å². The van der Waals surface area contributed by atoms with Crippen LogP contribution in [0.15, 0.2) is 48.6 Å². The lowest BCUT2D eigenvalue weighted by molar-refractivity contribution is -0.125. The van der Waals surface area contributed by atoms with Gasteiger partial charge in [-0.25, -0.2) is 0 Å². The minimum absolute atomic E-state index is 0.0585. The molecule has 0 amide bonds. The molecular formula is C17H20O4. The first-order valence-electron chi connectivity index (χ1n) is 7.07. The molecule has 4 nitrogen and oxygen atoms in total. The number of carbonyl (C=O) groups excluding carboxylic acids is 1. The van der Waals surface area contributed by atoms with Crippen LogP contribution in [-0.2, 0) is 9.53 Å². The van der Waals surface area contributed by atoms with Gasteiger partial charge in [-0.1, -0.05) is 42.5 Å². The minimum Gasteiger partial charge on any atom is -0.393 e. The maximum absolute atomic E-state index is 11.8. The molecule has 0 spiro atoms. The predicted molar refractivity (Wildman–Crippen MR) is 80.4 cm³/mol. The minimum atomic E-state index is -0.912. The van der Waals surface area contributed by atoms with E-state index in [9.17, 15) is 15.0 Å². The van der Waals surface area contributed by atoms with E-state index in [-0.39, 0.29) is 18.3 Å². The Morgan fingerprint density at radius 3 is 2.86 bits per heavy atom. The molecule has 4 heteroatoms. The summed E-state index contributed by atoms with van der Waals surface area (Å²) in [6.07, 6.45) is 5.72. The lowest BCUT2D eigenvalue weighted by atomic mass is 10.0. The SMILES string of the molecule is O=C(C=Cc1ccccc1)CC(O)CC1CC=CC(O)O1. The van der Waals surface area contributed by atoms with Crippen molar-refractivity contribution in [1.82, 2.24) is 0 Å². The average Bonchev–Trinajstić information content (AvgIpc) is 2.46. The van der Waals surface area contributed by atoms with Crippen LogP contribution < -0.4 is 0 Å². The number of hydrogen-bond donors (Lipinski definition) is 2. The molecule has 0 bridgehead atoms. The normalized spacial score (nSPS) is 23.3. The van der Waals surface area contributed by atoms with Crippen LogP contribution in [0.4, 0.5) is 0 Å². The molecule has 1 aliphatic rings. The van der Waals surface area contributed by atoms with E-state index in [0.29, 0.717) is 12.8 Å². The highest BCUT2D eigenvalue weighted by Crippen LogP contribution is 2.17. The van der Waals surface area contributed by atoms with E-state index in [2.05, 4.69) is 0 Å². The van der Waals surface area contributed by atoms with E-state index < -0.39 is 12.4 Å². The van der Waals surface area contributed by atoms with Crippen molar-refractivity contribution in [3.63, 3.8) is 0 Å². The molecular weight excluding hydrogens is 268 g/mol. The summed E-state index contributed by atoms with van der Waals surface area (Å²) in [5.41, 5.74) is 0.948. The predicted octanol–water partition coefficient (Wildman–Crippen LogP) is 2.07. The third-order valence-corrected chi connectivity index (χ3v) is 3.26. The molecule has 0 aromatic heterocycles. The summed E-state index contributed by atoms with van der Waals surface area (Å²) in [5.74, 6) is -0.127. The zero-order valence-corrected chi connectivity index (χ0v) is 11.8. The number of allylic oxidation sites excluding steroid dienone is 1. The number of ether oxygens (including phenoxy) is 1. The summed E-state index contributed by atoms with van der Waals surface area (Å²) < 4.78 is 5.25. The summed E-state index contributed by atoms with van der Waals surface area (Å²) in [6, 6.07) is 9.53. The van der Waals surface area contributed by atoms with Gasteiger partial charge in [0.05, 0.1) is 12.2 Å². The van der Waals surface area contributed by atoms with Gasteiger partial charge in [0, 0.05) is 12.8 Å². The Morgan fingerprint density at radius 1 is 1.38 bits per heavy atom. The van der Waals surface area contributed by atoms with Gasteiger partial charge in [0.15, 0.2) is 12.1 Å². The second-order valence-electron chi connectivity index (χ2n) is 5.12. The molecule has 112 valence electrons. The molecule has 2 rings (SSSR count). The number of carbonyl (C=O) groups is 1. The number of ketones is 1. The highest BCUT2D eigenvalue weighted by Gasteiger charge is 2.20. The molecule has 0 fully saturated rings. The molecule has 0 saturated heterocycles. The van der Waals surface area contributed by atoms with Crippen molar-refractivity contribution in [1.29, 1.82) is 0 Å². The van der Waals surface area contributed by atoms with Crippen molar-refractivity contribution in [3.05, 3.63) is 54.1 Å². The van der Waals surface area contributed by atoms with Gasteiger partial charge in [-0.3, -0.25) is 4.79 Å². The van der Waals surface area contributed by atoms with Crippen LogP contribution in [-0.4, -0.2) is 34.5 Å². The van der Waals surface area contributed by atoms with Gasteiger partial charge in [-0.2, -0.15) is 0 Å². The third-order valence-electron chi connectivity index (χ3n) is 3.26. The summed E-state index contributed by atoms with van der Waals surface area (Å²) in [5, 5.41) is 19.2. The first-order chi connectivity index (χ1) is 10.1. The zero-order chi connectivity index (χ0) is 15.1. The van der Waals surface area contributed by atoms with E-state index in [0.717, 1.165) is 5.56 Å².